The predicted octanol–water partition coefficient (Wildman–Crippen LogP) is 3.44. The molecular weight excluding hydrogens is 426 g/mol. The first-order chi connectivity index (χ1) is 16.6. The van der Waals surface area contributed by atoms with Crippen molar-refractivity contribution in [2.24, 2.45) is 0 Å². The number of hydrogen-bond acceptors (Lipinski definition) is 6. The van der Waals surface area contributed by atoms with Gasteiger partial charge in [-0.2, -0.15) is 4.98 Å². The van der Waals surface area contributed by atoms with Gasteiger partial charge in [-0.3, -0.25) is 4.79 Å². The van der Waals surface area contributed by atoms with Crippen LogP contribution in [0.4, 0.5) is 11.6 Å². The first-order valence-electron chi connectivity index (χ1n) is 12.5. The van der Waals surface area contributed by atoms with Crippen molar-refractivity contribution in [3.63, 3.8) is 0 Å². The Morgan fingerprint density at radius 2 is 1.88 bits per heavy atom. The molecule has 3 aromatic rings. The highest BCUT2D eigenvalue weighted by Gasteiger charge is 2.26. The molecule has 1 aromatic carbocycles. The zero-order valence-corrected chi connectivity index (χ0v) is 20.3. The van der Waals surface area contributed by atoms with E-state index in [2.05, 4.69) is 49.4 Å². The number of fused-ring (bicyclic) bond motifs is 1. The number of rotatable bonds is 7. The van der Waals surface area contributed by atoms with E-state index in [4.69, 9.17) is 4.98 Å². The highest BCUT2D eigenvalue weighted by Crippen LogP contribution is 2.35. The lowest BCUT2D eigenvalue weighted by molar-refractivity contribution is 0.0815. The van der Waals surface area contributed by atoms with Crippen LogP contribution in [0.5, 0.6) is 0 Å². The summed E-state index contributed by atoms with van der Waals surface area (Å²) in [5.74, 6) is 0.568. The third kappa shape index (κ3) is 4.93. The molecule has 1 amide bonds. The molecule has 2 N–H and O–H groups in total. The summed E-state index contributed by atoms with van der Waals surface area (Å²) in [4.78, 5) is 26.4. The molecule has 1 aliphatic heterocycles. The highest BCUT2D eigenvalue weighted by atomic mass is 16.2. The van der Waals surface area contributed by atoms with E-state index in [1.54, 1.807) is 19.0 Å². The number of nitrogens with zero attached hydrogens (tertiary/aromatic N) is 5. The quantitative estimate of drug-likeness (QED) is 0.561. The molecule has 0 atom stereocenters. The third-order valence-corrected chi connectivity index (χ3v) is 7.03. The molecule has 180 valence electrons. The molecule has 8 nitrogen and oxygen atoms in total. The second-order valence-corrected chi connectivity index (χ2v) is 9.67. The number of amides is 1. The van der Waals surface area contributed by atoms with Crippen LogP contribution in [-0.4, -0.2) is 77.1 Å². The Bertz CT molecular complexity index is 1130. The summed E-state index contributed by atoms with van der Waals surface area (Å²) >= 11 is 0. The summed E-state index contributed by atoms with van der Waals surface area (Å²) in [5, 5.41) is 7.67. The highest BCUT2D eigenvalue weighted by molar-refractivity contribution is 5.97. The Morgan fingerprint density at radius 3 is 2.59 bits per heavy atom. The standard InChI is InChI=1S/C26H35N7O/c1-31(2)25(34)23-17-20-18-28-26(30-24(20)33(23)22-5-3-4-6-22)29-21-9-7-19(8-10-21)11-14-32-15-12-27-13-16-32/h7-10,17-18,22,27H,3-6,11-16H2,1-2H3,(H,28,29,30). The lowest BCUT2D eigenvalue weighted by Gasteiger charge is -2.27. The molecule has 0 radical (unpaired) electrons. The minimum absolute atomic E-state index is 0.0100. The average Bonchev–Trinajstić information content (AvgIpc) is 3.51. The molecule has 1 aliphatic carbocycles. The van der Waals surface area contributed by atoms with E-state index in [9.17, 15) is 4.79 Å². The van der Waals surface area contributed by atoms with Gasteiger partial charge in [0, 0.05) is 70.1 Å². The lowest BCUT2D eigenvalue weighted by Crippen LogP contribution is -2.44. The number of benzene rings is 1. The molecule has 34 heavy (non-hydrogen) atoms. The van der Waals surface area contributed by atoms with E-state index in [0.717, 1.165) is 68.7 Å². The predicted molar refractivity (Wildman–Crippen MR) is 136 cm³/mol. The van der Waals surface area contributed by atoms with Gasteiger partial charge in [0.1, 0.15) is 11.3 Å². The molecule has 8 heteroatoms. The summed E-state index contributed by atoms with van der Waals surface area (Å²) in [6.07, 6.45) is 7.43. The first kappa shape index (κ1) is 22.8. The van der Waals surface area contributed by atoms with Crippen molar-refractivity contribution in [3.8, 4) is 0 Å². The van der Waals surface area contributed by atoms with Gasteiger partial charge in [0.15, 0.2) is 0 Å². The van der Waals surface area contributed by atoms with Crippen LogP contribution in [0.2, 0.25) is 0 Å². The second kappa shape index (κ2) is 10.1. The van der Waals surface area contributed by atoms with Gasteiger partial charge in [0.2, 0.25) is 5.95 Å². The summed E-state index contributed by atoms with van der Waals surface area (Å²) in [6, 6.07) is 10.8. The van der Waals surface area contributed by atoms with E-state index in [-0.39, 0.29) is 5.91 Å². The van der Waals surface area contributed by atoms with Crippen LogP contribution in [0.3, 0.4) is 0 Å². The molecule has 0 bridgehead atoms. The molecule has 1 saturated carbocycles. The fourth-order valence-corrected chi connectivity index (χ4v) is 5.10. The molecule has 2 aromatic heterocycles. The number of carbonyl (C=O) groups excluding carboxylic acids is 1. The minimum Gasteiger partial charge on any atom is -0.343 e. The van der Waals surface area contributed by atoms with Gasteiger partial charge in [-0.1, -0.05) is 25.0 Å². The number of carbonyl (C=O) groups is 1. The van der Waals surface area contributed by atoms with Crippen LogP contribution in [0.1, 0.15) is 47.8 Å². The maximum absolute atomic E-state index is 12.9. The van der Waals surface area contributed by atoms with Crippen LogP contribution in [0, 0.1) is 0 Å². The summed E-state index contributed by atoms with van der Waals surface area (Å²) in [6.45, 7) is 5.53. The number of aromatic nitrogens is 3. The van der Waals surface area contributed by atoms with Gasteiger partial charge in [-0.25, -0.2) is 4.98 Å². The Hall–Kier alpha value is -2.97. The van der Waals surface area contributed by atoms with Crippen molar-refractivity contribution >= 4 is 28.6 Å². The monoisotopic (exact) mass is 461 g/mol. The molecule has 1 saturated heterocycles. The SMILES string of the molecule is CN(C)C(=O)c1cc2cnc(Nc3ccc(CCN4CCNCC4)cc3)nc2n1C1CCCC1. The van der Waals surface area contributed by atoms with Gasteiger partial charge in [0.25, 0.3) is 5.91 Å². The second-order valence-electron chi connectivity index (χ2n) is 9.67. The summed E-state index contributed by atoms with van der Waals surface area (Å²) < 4.78 is 2.15. The normalized spacial score (nSPS) is 17.4. The fourth-order valence-electron chi connectivity index (χ4n) is 5.10. The molecule has 3 heterocycles. The Labute approximate surface area is 201 Å². The van der Waals surface area contributed by atoms with Crippen LogP contribution < -0.4 is 10.6 Å². The van der Waals surface area contributed by atoms with Crippen LogP contribution in [0.15, 0.2) is 36.5 Å². The Kier molecular flexibility index (Phi) is 6.78. The number of hydrogen-bond donors (Lipinski definition) is 2. The van der Waals surface area contributed by atoms with E-state index in [1.165, 1.54) is 18.4 Å². The number of piperazine rings is 1. The maximum atomic E-state index is 12.9. The van der Waals surface area contributed by atoms with Gasteiger partial charge in [0.05, 0.1) is 0 Å². The fraction of sp³-hybridized carbons (Fsp3) is 0.500. The lowest BCUT2D eigenvalue weighted by atomic mass is 10.1. The van der Waals surface area contributed by atoms with E-state index >= 15 is 0 Å². The molecule has 0 unspecified atom stereocenters. The van der Waals surface area contributed by atoms with E-state index < -0.39 is 0 Å². The molecule has 0 spiro atoms. The van der Waals surface area contributed by atoms with Gasteiger partial charge >= 0.3 is 0 Å². The van der Waals surface area contributed by atoms with Crippen molar-refractivity contribution in [3.05, 3.63) is 47.8 Å². The molecule has 2 fully saturated rings. The Balaban J connectivity index is 1.33. The van der Waals surface area contributed by atoms with Crippen molar-refractivity contribution in [2.75, 3.05) is 52.1 Å². The van der Waals surface area contributed by atoms with Crippen molar-refractivity contribution in [2.45, 2.75) is 38.1 Å². The van der Waals surface area contributed by atoms with E-state index in [1.807, 2.05) is 12.3 Å². The van der Waals surface area contributed by atoms with Crippen molar-refractivity contribution < 1.29 is 4.79 Å². The van der Waals surface area contributed by atoms with Gasteiger partial charge in [-0.15, -0.1) is 0 Å². The third-order valence-electron chi connectivity index (χ3n) is 7.03. The Morgan fingerprint density at radius 1 is 1.15 bits per heavy atom. The molecular formula is C26H35N7O. The first-order valence-corrected chi connectivity index (χ1v) is 12.5. The number of anilines is 2. The smallest absolute Gasteiger partial charge is 0.270 e. The largest absolute Gasteiger partial charge is 0.343 e. The summed E-state index contributed by atoms with van der Waals surface area (Å²) in [5.41, 5.74) is 3.84. The van der Waals surface area contributed by atoms with Gasteiger partial charge in [-0.05, 0) is 43.0 Å². The van der Waals surface area contributed by atoms with Crippen LogP contribution in [0.25, 0.3) is 11.0 Å². The zero-order chi connectivity index (χ0) is 23.5. The van der Waals surface area contributed by atoms with Gasteiger partial charge < -0.3 is 25.0 Å². The topological polar surface area (TPSA) is 78.3 Å². The average molecular weight is 462 g/mol. The maximum Gasteiger partial charge on any atom is 0.270 e. The van der Waals surface area contributed by atoms with Crippen LogP contribution >= 0.6 is 0 Å². The van der Waals surface area contributed by atoms with Crippen molar-refractivity contribution in [1.82, 2.24) is 29.7 Å². The van der Waals surface area contributed by atoms with Crippen molar-refractivity contribution in [1.29, 1.82) is 0 Å². The van der Waals surface area contributed by atoms with E-state index in [0.29, 0.717) is 17.7 Å². The summed E-state index contributed by atoms with van der Waals surface area (Å²) in [7, 11) is 3.59. The number of nitrogens with one attached hydrogen (secondary N) is 2. The molecule has 2 aliphatic rings. The molecule has 5 rings (SSSR count). The minimum atomic E-state index is 0.0100. The van der Waals surface area contributed by atoms with Crippen LogP contribution in [-0.2, 0) is 6.42 Å². The zero-order valence-electron chi connectivity index (χ0n) is 20.3.